The molecule has 5 heterocycles. The van der Waals surface area contributed by atoms with E-state index in [1.807, 2.05) is 4.90 Å². The summed E-state index contributed by atoms with van der Waals surface area (Å²) in [5.41, 5.74) is 0.497. The maximum atomic E-state index is 13.6. The minimum Gasteiger partial charge on any atom is -0.353 e. The molecule has 1 spiro atoms. The summed E-state index contributed by atoms with van der Waals surface area (Å²) in [4.78, 5) is 15.4. The number of hydrogen-bond acceptors (Lipinski definition) is 8. The monoisotopic (exact) mass is 521 g/mol. The van der Waals surface area contributed by atoms with Gasteiger partial charge in [0.05, 0.1) is 5.75 Å². The standard InChI is InChI=1S/C24H33F2N7O2S/c25-21(26)19-10-17-11-28-23(31-20(17)22(30-19)32-14-24(15-32)6-7-27-13-24)29-18-4-8-33(9-5-18)36(34,35)12-16-2-1-3-16/h10-11,16,18,21,27H,1-9,12-15H2,(H,28,29,31). The summed E-state index contributed by atoms with van der Waals surface area (Å²) in [6.45, 7) is 4.43. The van der Waals surface area contributed by atoms with E-state index >= 15 is 0 Å². The Kier molecular flexibility index (Phi) is 6.24. The fourth-order valence-electron chi connectivity index (χ4n) is 5.95. The molecule has 0 unspecified atom stereocenters. The van der Waals surface area contributed by atoms with Crippen LogP contribution in [0.4, 0.5) is 20.5 Å². The largest absolute Gasteiger partial charge is 0.353 e. The molecule has 0 radical (unpaired) electrons. The molecular weight excluding hydrogens is 488 g/mol. The van der Waals surface area contributed by atoms with Crippen molar-refractivity contribution in [3.05, 3.63) is 18.0 Å². The van der Waals surface area contributed by atoms with Gasteiger partial charge in [0.25, 0.3) is 6.43 Å². The highest BCUT2D eigenvalue weighted by molar-refractivity contribution is 7.89. The molecule has 4 aliphatic rings. The lowest BCUT2D eigenvalue weighted by Crippen LogP contribution is -2.58. The Morgan fingerprint density at radius 3 is 2.58 bits per heavy atom. The first-order valence-corrected chi connectivity index (χ1v) is 14.6. The number of sulfonamides is 1. The molecule has 9 nitrogen and oxygen atoms in total. The molecule has 6 rings (SSSR count). The third-order valence-electron chi connectivity index (χ3n) is 8.33. The SMILES string of the molecule is O=S(=O)(CC1CCC1)N1CCC(Nc2ncc3cc(C(F)F)nc(N4CC5(CCNC5)C4)c3n2)CC1. The third-order valence-corrected chi connectivity index (χ3v) is 10.4. The summed E-state index contributed by atoms with van der Waals surface area (Å²) in [7, 11) is -3.21. The lowest BCUT2D eigenvalue weighted by atomic mass is 9.79. The van der Waals surface area contributed by atoms with Crippen molar-refractivity contribution in [3.8, 4) is 0 Å². The number of fused-ring (bicyclic) bond motifs is 1. The highest BCUT2D eigenvalue weighted by Crippen LogP contribution is 2.41. The lowest BCUT2D eigenvalue weighted by molar-refractivity contribution is 0.146. The Labute approximate surface area is 210 Å². The highest BCUT2D eigenvalue weighted by Gasteiger charge is 2.46. The van der Waals surface area contributed by atoms with Crippen molar-refractivity contribution in [1.82, 2.24) is 24.6 Å². The van der Waals surface area contributed by atoms with Gasteiger partial charge >= 0.3 is 0 Å². The highest BCUT2D eigenvalue weighted by atomic mass is 32.2. The van der Waals surface area contributed by atoms with Crippen LogP contribution in [-0.2, 0) is 10.0 Å². The number of rotatable bonds is 7. The molecule has 0 bridgehead atoms. The zero-order valence-electron chi connectivity index (χ0n) is 20.3. The average molecular weight is 522 g/mol. The predicted molar refractivity (Wildman–Crippen MR) is 134 cm³/mol. The van der Waals surface area contributed by atoms with Gasteiger partial charge in [0, 0.05) is 55.8 Å². The minimum atomic E-state index is -3.21. The van der Waals surface area contributed by atoms with Crippen LogP contribution in [0, 0.1) is 11.3 Å². The first kappa shape index (κ1) is 24.2. The number of halogens is 2. The van der Waals surface area contributed by atoms with Gasteiger partial charge in [-0.3, -0.25) is 0 Å². The van der Waals surface area contributed by atoms with Gasteiger partial charge in [-0.05, 0) is 50.6 Å². The van der Waals surface area contributed by atoms with E-state index in [9.17, 15) is 17.2 Å². The number of anilines is 2. The summed E-state index contributed by atoms with van der Waals surface area (Å²) < 4.78 is 54.2. The van der Waals surface area contributed by atoms with Crippen LogP contribution in [0.3, 0.4) is 0 Å². The Morgan fingerprint density at radius 2 is 1.94 bits per heavy atom. The fourth-order valence-corrected chi connectivity index (χ4v) is 7.85. The molecule has 4 fully saturated rings. The molecule has 3 saturated heterocycles. The molecule has 0 atom stereocenters. The van der Waals surface area contributed by atoms with Gasteiger partial charge in [0.1, 0.15) is 11.2 Å². The van der Waals surface area contributed by atoms with Gasteiger partial charge in [-0.2, -0.15) is 0 Å². The molecule has 2 N–H and O–H groups in total. The zero-order valence-corrected chi connectivity index (χ0v) is 21.1. The summed E-state index contributed by atoms with van der Waals surface area (Å²) in [5, 5.41) is 7.28. The molecule has 2 aromatic rings. The van der Waals surface area contributed by atoms with Gasteiger partial charge in [-0.1, -0.05) is 6.42 Å². The van der Waals surface area contributed by atoms with Crippen LogP contribution >= 0.6 is 0 Å². The van der Waals surface area contributed by atoms with Gasteiger partial charge in [0.15, 0.2) is 5.82 Å². The van der Waals surface area contributed by atoms with Gasteiger partial charge in [-0.25, -0.2) is 36.5 Å². The summed E-state index contributed by atoms with van der Waals surface area (Å²) in [5.74, 6) is 1.49. The predicted octanol–water partition coefficient (Wildman–Crippen LogP) is 2.77. The van der Waals surface area contributed by atoms with Crippen LogP contribution in [0.25, 0.3) is 10.9 Å². The number of pyridine rings is 1. The first-order valence-electron chi connectivity index (χ1n) is 13.0. The number of piperidine rings is 1. The molecule has 1 aliphatic carbocycles. The fraction of sp³-hybridized carbons (Fsp3) is 0.708. The van der Waals surface area contributed by atoms with Gasteiger partial charge in [-0.15, -0.1) is 0 Å². The van der Waals surface area contributed by atoms with E-state index in [1.54, 1.807) is 10.5 Å². The van der Waals surface area contributed by atoms with E-state index in [1.165, 1.54) is 6.07 Å². The maximum Gasteiger partial charge on any atom is 0.280 e. The number of hydrogen-bond donors (Lipinski definition) is 2. The van der Waals surface area contributed by atoms with Crippen LogP contribution in [0.15, 0.2) is 12.3 Å². The van der Waals surface area contributed by atoms with Crippen molar-refractivity contribution < 1.29 is 17.2 Å². The Hall–Kier alpha value is -2.18. The number of aromatic nitrogens is 3. The Morgan fingerprint density at radius 1 is 1.17 bits per heavy atom. The lowest BCUT2D eigenvalue weighted by Gasteiger charge is -2.48. The molecule has 0 amide bonds. The van der Waals surface area contributed by atoms with E-state index in [0.717, 1.165) is 51.9 Å². The molecule has 0 aromatic carbocycles. The second kappa shape index (κ2) is 9.29. The molecule has 196 valence electrons. The van der Waals surface area contributed by atoms with Crippen molar-refractivity contribution >= 4 is 32.7 Å². The van der Waals surface area contributed by atoms with Crippen LogP contribution in [0.5, 0.6) is 0 Å². The first-order chi connectivity index (χ1) is 17.3. The van der Waals surface area contributed by atoms with Crippen molar-refractivity contribution in [3.63, 3.8) is 0 Å². The third kappa shape index (κ3) is 4.63. The second-order valence-electron chi connectivity index (χ2n) is 11.0. The van der Waals surface area contributed by atoms with Crippen molar-refractivity contribution in [2.75, 3.05) is 55.2 Å². The normalized spacial score (nSPS) is 23.4. The van der Waals surface area contributed by atoms with Crippen LogP contribution < -0.4 is 15.5 Å². The van der Waals surface area contributed by atoms with E-state index in [0.29, 0.717) is 54.5 Å². The van der Waals surface area contributed by atoms with E-state index < -0.39 is 16.4 Å². The van der Waals surface area contributed by atoms with E-state index in [4.69, 9.17) is 4.98 Å². The van der Waals surface area contributed by atoms with Crippen LogP contribution in [0.1, 0.15) is 50.6 Å². The van der Waals surface area contributed by atoms with Crippen LogP contribution in [-0.4, -0.2) is 78.7 Å². The number of nitrogens with one attached hydrogen (secondary N) is 2. The number of alkyl halides is 2. The molecule has 2 aromatic heterocycles. The molecule has 3 aliphatic heterocycles. The zero-order chi connectivity index (χ0) is 24.9. The maximum absolute atomic E-state index is 13.6. The van der Waals surface area contributed by atoms with Crippen molar-refractivity contribution in [2.45, 2.75) is 51.0 Å². The topological polar surface area (TPSA) is 103 Å². The van der Waals surface area contributed by atoms with Crippen LogP contribution in [0.2, 0.25) is 0 Å². The van der Waals surface area contributed by atoms with Crippen molar-refractivity contribution in [1.29, 1.82) is 0 Å². The van der Waals surface area contributed by atoms with Gasteiger partial charge in [0.2, 0.25) is 16.0 Å². The average Bonchev–Trinajstić information content (AvgIpc) is 3.31. The molecule has 12 heteroatoms. The summed E-state index contributed by atoms with van der Waals surface area (Å²) in [6, 6.07) is 1.41. The quantitative estimate of drug-likeness (QED) is 0.574. The minimum absolute atomic E-state index is 0.0474. The smallest absolute Gasteiger partial charge is 0.280 e. The molecular formula is C24H33F2N7O2S. The van der Waals surface area contributed by atoms with Crippen molar-refractivity contribution in [2.24, 2.45) is 11.3 Å². The Bertz CT molecular complexity index is 1220. The summed E-state index contributed by atoms with van der Waals surface area (Å²) in [6.07, 6.45) is 4.49. The Balaban J connectivity index is 1.16. The second-order valence-corrected chi connectivity index (χ2v) is 13.0. The summed E-state index contributed by atoms with van der Waals surface area (Å²) >= 11 is 0. The number of nitrogens with zero attached hydrogens (tertiary/aromatic N) is 5. The molecule has 1 saturated carbocycles. The van der Waals surface area contributed by atoms with E-state index in [2.05, 4.69) is 20.6 Å². The van der Waals surface area contributed by atoms with Gasteiger partial charge < -0.3 is 15.5 Å². The molecule has 36 heavy (non-hydrogen) atoms. The van der Waals surface area contributed by atoms with E-state index in [-0.39, 0.29) is 22.9 Å².